The third kappa shape index (κ3) is 4.56. The average molecular weight is 303 g/mol. The Kier molecular flexibility index (Phi) is 4.77. The van der Waals surface area contributed by atoms with Gasteiger partial charge in [0, 0.05) is 6.54 Å². The molecule has 1 atom stereocenters. The van der Waals surface area contributed by atoms with E-state index in [-0.39, 0.29) is 6.54 Å². The number of rotatable bonds is 4. The van der Waals surface area contributed by atoms with Gasteiger partial charge in [-0.15, -0.1) is 5.10 Å². The van der Waals surface area contributed by atoms with Crippen molar-refractivity contribution in [1.29, 1.82) is 0 Å². The summed E-state index contributed by atoms with van der Waals surface area (Å²) in [6.45, 7) is 5.64. The molecule has 2 rings (SSSR count). The van der Waals surface area contributed by atoms with E-state index in [2.05, 4.69) is 15.6 Å². The van der Waals surface area contributed by atoms with Crippen molar-refractivity contribution in [3.63, 3.8) is 0 Å². The van der Waals surface area contributed by atoms with Crippen LogP contribution in [-0.4, -0.2) is 33.2 Å². The summed E-state index contributed by atoms with van der Waals surface area (Å²) in [5.74, 6) is 0. The Morgan fingerprint density at radius 2 is 2.05 bits per heavy atom. The van der Waals surface area contributed by atoms with Crippen LogP contribution < -0.4 is 11.1 Å². The first kappa shape index (κ1) is 16.0. The Hall–Kier alpha value is -2.41. The number of nitrogens with one attached hydrogen (secondary N) is 1. The van der Waals surface area contributed by atoms with Crippen molar-refractivity contribution >= 4 is 6.09 Å². The van der Waals surface area contributed by atoms with Gasteiger partial charge in [-0.1, -0.05) is 23.4 Å². The molecule has 0 aliphatic carbocycles. The van der Waals surface area contributed by atoms with Crippen LogP contribution in [0, 0.1) is 0 Å². The molecule has 0 bridgehead atoms. The summed E-state index contributed by atoms with van der Waals surface area (Å²) < 4.78 is 6.79. The molecule has 1 unspecified atom stereocenters. The largest absolute Gasteiger partial charge is 0.444 e. The second-order valence-corrected chi connectivity index (χ2v) is 5.91. The van der Waals surface area contributed by atoms with Crippen LogP contribution in [0.15, 0.2) is 36.5 Å². The highest BCUT2D eigenvalue weighted by atomic mass is 16.6. The molecule has 1 heterocycles. The van der Waals surface area contributed by atoms with Crippen LogP contribution in [0.2, 0.25) is 0 Å². The first-order valence-corrected chi connectivity index (χ1v) is 7.05. The topological polar surface area (TPSA) is 95.1 Å². The van der Waals surface area contributed by atoms with Gasteiger partial charge in [0.05, 0.1) is 17.9 Å². The number of aromatic nitrogens is 3. The Balaban J connectivity index is 1.92. The molecule has 1 amide bonds. The van der Waals surface area contributed by atoms with Crippen LogP contribution in [0.3, 0.4) is 0 Å². The molecule has 1 aromatic heterocycles. The molecular weight excluding hydrogens is 282 g/mol. The summed E-state index contributed by atoms with van der Waals surface area (Å²) in [5.41, 5.74) is 6.97. The number of nitrogens with zero attached hydrogens (tertiary/aromatic N) is 3. The van der Waals surface area contributed by atoms with Crippen molar-refractivity contribution < 1.29 is 9.53 Å². The van der Waals surface area contributed by atoms with Gasteiger partial charge in [0.2, 0.25) is 0 Å². The maximum absolute atomic E-state index is 11.6. The normalized spacial score (nSPS) is 12.7. The fourth-order valence-corrected chi connectivity index (χ4v) is 1.77. The quantitative estimate of drug-likeness (QED) is 0.898. The Morgan fingerprint density at radius 3 is 2.68 bits per heavy atom. The van der Waals surface area contributed by atoms with E-state index in [1.54, 1.807) is 31.6 Å². The third-order valence-corrected chi connectivity index (χ3v) is 2.78. The zero-order valence-corrected chi connectivity index (χ0v) is 13.0. The number of carbonyl (C=O) groups is 1. The van der Waals surface area contributed by atoms with Gasteiger partial charge < -0.3 is 15.8 Å². The first-order valence-electron chi connectivity index (χ1n) is 7.05. The minimum atomic E-state index is -0.537. The van der Waals surface area contributed by atoms with E-state index < -0.39 is 17.7 Å². The van der Waals surface area contributed by atoms with E-state index in [9.17, 15) is 4.79 Å². The lowest BCUT2D eigenvalue weighted by Gasteiger charge is -2.20. The van der Waals surface area contributed by atoms with E-state index >= 15 is 0 Å². The van der Waals surface area contributed by atoms with Gasteiger partial charge in [0.25, 0.3) is 0 Å². The van der Waals surface area contributed by atoms with Gasteiger partial charge >= 0.3 is 6.09 Å². The zero-order valence-electron chi connectivity index (χ0n) is 13.0. The molecule has 2 aromatic rings. The highest BCUT2D eigenvalue weighted by Gasteiger charge is 2.18. The molecule has 0 spiro atoms. The van der Waals surface area contributed by atoms with Crippen LogP contribution >= 0.6 is 0 Å². The van der Waals surface area contributed by atoms with Crippen molar-refractivity contribution in [2.45, 2.75) is 32.4 Å². The fraction of sp³-hybridized carbons (Fsp3) is 0.400. The van der Waals surface area contributed by atoms with E-state index in [0.717, 1.165) is 5.69 Å². The van der Waals surface area contributed by atoms with E-state index in [1.165, 1.54) is 0 Å². The van der Waals surface area contributed by atoms with Crippen molar-refractivity contribution in [3.8, 4) is 5.69 Å². The second-order valence-electron chi connectivity index (χ2n) is 5.91. The molecule has 0 aliphatic heterocycles. The summed E-state index contributed by atoms with van der Waals surface area (Å²) >= 11 is 0. The smallest absolute Gasteiger partial charge is 0.407 e. The number of hydrogen-bond donors (Lipinski definition) is 2. The van der Waals surface area contributed by atoms with Gasteiger partial charge in [-0.2, -0.15) is 0 Å². The molecule has 0 fully saturated rings. The summed E-state index contributed by atoms with van der Waals surface area (Å²) in [4.78, 5) is 11.6. The molecule has 22 heavy (non-hydrogen) atoms. The number of amides is 1. The van der Waals surface area contributed by atoms with Crippen LogP contribution in [0.1, 0.15) is 32.5 Å². The summed E-state index contributed by atoms with van der Waals surface area (Å²) in [6, 6.07) is 9.15. The first-order chi connectivity index (χ1) is 10.3. The number of para-hydroxylation sites is 1. The van der Waals surface area contributed by atoms with E-state index in [4.69, 9.17) is 10.5 Å². The number of nitrogens with two attached hydrogens (primary N) is 1. The molecule has 0 saturated heterocycles. The van der Waals surface area contributed by atoms with Crippen LogP contribution in [-0.2, 0) is 4.74 Å². The van der Waals surface area contributed by atoms with Crippen LogP contribution in [0.4, 0.5) is 4.79 Å². The monoisotopic (exact) mass is 303 g/mol. The Morgan fingerprint density at radius 1 is 1.36 bits per heavy atom. The van der Waals surface area contributed by atoms with Gasteiger partial charge in [0.15, 0.2) is 0 Å². The highest BCUT2D eigenvalue weighted by molar-refractivity contribution is 5.67. The lowest BCUT2D eigenvalue weighted by molar-refractivity contribution is 0.0524. The molecular formula is C15H21N5O2. The maximum atomic E-state index is 11.6. The molecule has 7 heteroatoms. The SMILES string of the molecule is CC(C)(C)OC(=O)NCC(N)c1cn(-c2ccccc2)nn1. The van der Waals surface area contributed by atoms with Crippen molar-refractivity contribution in [2.24, 2.45) is 5.73 Å². The second kappa shape index (κ2) is 6.57. The lowest BCUT2D eigenvalue weighted by atomic mass is 10.2. The number of benzene rings is 1. The third-order valence-electron chi connectivity index (χ3n) is 2.78. The summed E-state index contributed by atoms with van der Waals surface area (Å²) in [7, 11) is 0. The standard InChI is InChI=1S/C15H21N5O2/c1-15(2,3)22-14(21)17-9-12(16)13-10-20(19-18-13)11-7-5-4-6-8-11/h4-8,10,12H,9,16H2,1-3H3,(H,17,21). The molecule has 0 radical (unpaired) electrons. The lowest BCUT2D eigenvalue weighted by Crippen LogP contribution is -2.36. The number of carbonyl (C=O) groups excluding carboxylic acids is 1. The maximum Gasteiger partial charge on any atom is 0.407 e. The van der Waals surface area contributed by atoms with Crippen molar-refractivity contribution in [2.75, 3.05) is 6.54 Å². The fourth-order valence-electron chi connectivity index (χ4n) is 1.77. The molecule has 0 saturated carbocycles. The number of hydrogen-bond acceptors (Lipinski definition) is 5. The van der Waals surface area contributed by atoms with Gasteiger partial charge in [-0.05, 0) is 32.9 Å². The van der Waals surface area contributed by atoms with Crippen molar-refractivity contribution in [3.05, 3.63) is 42.2 Å². The van der Waals surface area contributed by atoms with Crippen LogP contribution in [0.5, 0.6) is 0 Å². The summed E-state index contributed by atoms with van der Waals surface area (Å²) in [6.07, 6.45) is 1.25. The minimum absolute atomic E-state index is 0.225. The Bertz CT molecular complexity index is 618. The molecule has 3 N–H and O–H groups in total. The van der Waals surface area contributed by atoms with Gasteiger partial charge in [0.1, 0.15) is 11.3 Å². The van der Waals surface area contributed by atoms with Gasteiger partial charge in [-0.3, -0.25) is 0 Å². The Labute approximate surface area is 129 Å². The molecule has 1 aromatic carbocycles. The van der Waals surface area contributed by atoms with Crippen LogP contribution in [0.25, 0.3) is 5.69 Å². The molecule has 7 nitrogen and oxygen atoms in total. The van der Waals surface area contributed by atoms with Crippen molar-refractivity contribution in [1.82, 2.24) is 20.3 Å². The predicted molar refractivity (Wildman–Crippen MR) is 82.5 cm³/mol. The zero-order chi connectivity index (χ0) is 16.2. The number of alkyl carbamates (subject to hydrolysis) is 1. The van der Waals surface area contributed by atoms with E-state index in [0.29, 0.717) is 5.69 Å². The average Bonchev–Trinajstić information content (AvgIpc) is 2.94. The predicted octanol–water partition coefficient (Wildman–Crippen LogP) is 1.79. The summed E-state index contributed by atoms with van der Waals surface area (Å²) in [5, 5.41) is 10.7. The molecule has 0 aliphatic rings. The molecule has 118 valence electrons. The highest BCUT2D eigenvalue weighted by Crippen LogP contribution is 2.10. The van der Waals surface area contributed by atoms with E-state index in [1.807, 2.05) is 30.3 Å². The number of ether oxygens (including phenoxy) is 1. The van der Waals surface area contributed by atoms with Gasteiger partial charge in [-0.25, -0.2) is 9.48 Å². The minimum Gasteiger partial charge on any atom is -0.444 e.